The maximum atomic E-state index is 12.4. The van der Waals surface area contributed by atoms with Gasteiger partial charge in [-0.25, -0.2) is 0 Å². The van der Waals surface area contributed by atoms with Gasteiger partial charge >= 0.3 is 0 Å². The minimum atomic E-state index is -0.654. The second kappa shape index (κ2) is 6.96. The van der Waals surface area contributed by atoms with Crippen LogP contribution in [0.4, 0.5) is 0 Å². The summed E-state index contributed by atoms with van der Waals surface area (Å²) < 4.78 is 5.59. The van der Waals surface area contributed by atoms with Crippen molar-refractivity contribution < 1.29 is 19.7 Å². The SMILES string of the molecule is O=c1c(O)c(-c2ccc(CN3CCCCC3)cc2)oc2c(O)c(O)ccc12. The maximum Gasteiger partial charge on any atom is 0.235 e. The van der Waals surface area contributed by atoms with Crippen LogP contribution in [0.15, 0.2) is 45.6 Å². The highest BCUT2D eigenvalue weighted by molar-refractivity contribution is 5.88. The molecule has 1 aliphatic heterocycles. The molecule has 0 atom stereocenters. The molecule has 3 N–H and O–H groups in total. The average molecular weight is 367 g/mol. The fourth-order valence-corrected chi connectivity index (χ4v) is 3.56. The predicted octanol–water partition coefficient (Wildman–Crippen LogP) is 3.56. The van der Waals surface area contributed by atoms with Crippen molar-refractivity contribution >= 4 is 11.0 Å². The van der Waals surface area contributed by atoms with Gasteiger partial charge in [0.25, 0.3) is 0 Å². The number of benzene rings is 2. The molecule has 0 bridgehead atoms. The lowest BCUT2D eigenvalue weighted by molar-refractivity contribution is 0.221. The van der Waals surface area contributed by atoms with Crippen molar-refractivity contribution in [1.82, 2.24) is 4.90 Å². The highest BCUT2D eigenvalue weighted by Crippen LogP contribution is 2.37. The summed E-state index contributed by atoms with van der Waals surface area (Å²) in [5, 5.41) is 29.9. The van der Waals surface area contributed by atoms with E-state index in [1.807, 2.05) is 12.1 Å². The van der Waals surface area contributed by atoms with Crippen LogP contribution in [0, 0.1) is 0 Å². The summed E-state index contributed by atoms with van der Waals surface area (Å²) in [4.78, 5) is 14.8. The van der Waals surface area contributed by atoms with Gasteiger partial charge in [0.1, 0.15) is 0 Å². The average Bonchev–Trinajstić information content (AvgIpc) is 2.69. The fraction of sp³-hybridized carbons (Fsp3) is 0.286. The van der Waals surface area contributed by atoms with Crippen molar-refractivity contribution in [1.29, 1.82) is 0 Å². The molecule has 6 nitrogen and oxygen atoms in total. The zero-order chi connectivity index (χ0) is 19.0. The summed E-state index contributed by atoms with van der Waals surface area (Å²) >= 11 is 0. The first kappa shape index (κ1) is 17.4. The Morgan fingerprint density at radius 2 is 1.59 bits per heavy atom. The van der Waals surface area contributed by atoms with Crippen LogP contribution < -0.4 is 5.43 Å². The number of fused-ring (bicyclic) bond motifs is 1. The van der Waals surface area contributed by atoms with E-state index < -0.39 is 16.9 Å². The molecule has 0 saturated carbocycles. The lowest BCUT2D eigenvalue weighted by Crippen LogP contribution is -2.28. The van der Waals surface area contributed by atoms with E-state index in [1.165, 1.54) is 31.4 Å². The maximum absolute atomic E-state index is 12.4. The topological polar surface area (TPSA) is 94.1 Å². The number of likely N-dealkylation sites (tertiary alicyclic amines) is 1. The van der Waals surface area contributed by atoms with Gasteiger partial charge in [0.15, 0.2) is 17.1 Å². The van der Waals surface area contributed by atoms with Crippen LogP contribution in [0.5, 0.6) is 17.2 Å². The number of hydrogen-bond donors (Lipinski definition) is 3. The van der Waals surface area contributed by atoms with Crippen LogP contribution >= 0.6 is 0 Å². The van der Waals surface area contributed by atoms with Crippen LogP contribution in [0.3, 0.4) is 0 Å². The molecule has 0 amide bonds. The molecule has 140 valence electrons. The molecule has 2 heterocycles. The van der Waals surface area contributed by atoms with Crippen molar-refractivity contribution in [2.45, 2.75) is 25.8 Å². The first-order valence-corrected chi connectivity index (χ1v) is 9.07. The summed E-state index contributed by atoms with van der Waals surface area (Å²) in [7, 11) is 0. The summed E-state index contributed by atoms with van der Waals surface area (Å²) in [6.45, 7) is 3.07. The molecule has 3 aromatic rings. The van der Waals surface area contributed by atoms with Gasteiger partial charge < -0.3 is 19.7 Å². The van der Waals surface area contributed by atoms with Gasteiger partial charge in [-0.15, -0.1) is 0 Å². The summed E-state index contributed by atoms with van der Waals surface area (Å²) in [6.07, 6.45) is 3.74. The van der Waals surface area contributed by atoms with Gasteiger partial charge in [-0.05, 0) is 43.6 Å². The molecule has 0 unspecified atom stereocenters. The van der Waals surface area contributed by atoms with Gasteiger partial charge in [-0.3, -0.25) is 9.69 Å². The van der Waals surface area contributed by atoms with Crippen molar-refractivity contribution in [3.63, 3.8) is 0 Å². The van der Waals surface area contributed by atoms with Crippen molar-refractivity contribution in [2.75, 3.05) is 13.1 Å². The fourth-order valence-electron chi connectivity index (χ4n) is 3.56. The van der Waals surface area contributed by atoms with Crippen LogP contribution in [-0.2, 0) is 6.54 Å². The Balaban J connectivity index is 1.70. The first-order valence-electron chi connectivity index (χ1n) is 9.07. The van der Waals surface area contributed by atoms with E-state index in [0.29, 0.717) is 5.56 Å². The Kier molecular flexibility index (Phi) is 4.49. The Bertz CT molecular complexity index is 1030. The second-order valence-corrected chi connectivity index (χ2v) is 6.95. The number of hydrogen-bond acceptors (Lipinski definition) is 6. The zero-order valence-electron chi connectivity index (χ0n) is 14.8. The smallest absolute Gasteiger partial charge is 0.235 e. The summed E-state index contributed by atoms with van der Waals surface area (Å²) in [6, 6.07) is 9.93. The number of aromatic hydroxyl groups is 3. The summed E-state index contributed by atoms with van der Waals surface area (Å²) in [5.74, 6) is -1.46. The molecule has 0 radical (unpaired) electrons. The number of rotatable bonds is 3. The van der Waals surface area contributed by atoms with Gasteiger partial charge in [0.2, 0.25) is 16.9 Å². The molecule has 2 aromatic carbocycles. The normalized spacial score (nSPS) is 15.3. The monoisotopic (exact) mass is 367 g/mol. The molecule has 27 heavy (non-hydrogen) atoms. The first-order chi connectivity index (χ1) is 13.0. The van der Waals surface area contributed by atoms with Gasteiger partial charge in [-0.1, -0.05) is 30.7 Å². The number of piperidine rings is 1. The van der Waals surface area contributed by atoms with Crippen LogP contribution in [-0.4, -0.2) is 33.3 Å². The van der Waals surface area contributed by atoms with Gasteiger partial charge in [-0.2, -0.15) is 0 Å². The van der Waals surface area contributed by atoms with E-state index in [4.69, 9.17) is 4.42 Å². The minimum absolute atomic E-state index is 0.00766. The molecular weight excluding hydrogens is 346 g/mol. The molecule has 1 saturated heterocycles. The molecule has 4 rings (SSSR count). The lowest BCUT2D eigenvalue weighted by atomic mass is 10.1. The number of phenolic OH excluding ortho intramolecular Hbond substituents is 2. The number of nitrogens with zero attached hydrogens (tertiary/aromatic N) is 1. The Morgan fingerprint density at radius 3 is 2.30 bits per heavy atom. The van der Waals surface area contributed by atoms with Crippen LogP contribution in [0.1, 0.15) is 24.8 Å². The van der Waals surface area contributed by atoms with Gasteiger partial charge in [0.05, 0.1) is 5.39 Å². The third-order valence-corrected chi connectivity index (χ3v) is 5.06. The lowest BCUT2D eigenvalue weighted by Gasteiger charge is -2.26. The largest absolute Gasteiger partial charge is 0.504 e. The van der Waals surface area contributed by atoms with E-state index in [-0.39, 0.29) is 22.5 Å². The quantitative estimate of drug-likeness (QED) is 0.613. The highest BCUT2D eigenvalue weighted by Gasteiger charge is 2.19. The Hall–Kier alpha value is -2.99. The minimum Gasteiger partial charge on any atom is -0.504 e. The second-order valence-electron chi connectivity index (χ2n) is 6.95. The Morgan fingerprint density at radius 1 is 0.889 bits per heavy atom. The predicted molar refractivity (Wildman–Crippen MR) is 102 cm³/mol. The van der Waals surface area contributed by atoms with Crippen molar-refractivity contribution in [2.24, 2.45) is 0 Å². The Labute approximate surface area is 155 Å². The molecule has 1 fully saturated rings. The molecule has 1 aromatic heterocycles. The molecule has 1 aliphatic rings. The standard InChI is InChI=1S/C21H21NO5/c23-16-9-8-15-17(24)19(26)20(27-21(15)18(16)25)14-6-4-13(5-7-14)12-22-10-2-1-3-11-22/h4-9,23,25-26H,1-3,10-12H2. The molecule has 6 heteroatoms. The van der Waals surface area contributed by atoms with E-state index >= 15 is 0 Å². The zero-order valence-corrected chi connectivity index (χ0v) is 14.8. The van der Waals surface area contributed by atoms with Crippen molar-refractivity contribution in [3.8, 4) is 28.6 Å². The van der Waals surface area contributed by atoms with E-state index in [0.717, 1.165) is 25.2 Å². The molecule has 0 spiro atoms. The molecule has 0 aliphatic carbocycles. The summed E-state index contributed by atoms with van der Waals surface area (Å²) in [5.41, 5.74) is 0.865. The number of phenols is 2. The van der Waals surface area contributed by atoms with Crippen LogP contribution in [0.2, 0.25) is 0 Å². The van der Waals surface area contributed by atoms with E-state index in [1.54, 1.807) is 12.1 Å². The van der Waals surface area contributed by atoms with E-state index in [2.05, 4.69) is 4.90 Å². The highest BCUT2D eigenvalue weighted by atomic mass is 16.4. The van der Waals surface area contributed by atoms with Gasteiger partial charge in [0, 0.05) is 12.1 Å². The van der Waals surface area contributed by atoms with E-state index in [9.17, 15) is 20.1 Å². The third-order valence-electron chi connectivity index (χ3n) is 5.06. The third kappa shape index (κ3) is 3.24. The van der Waals surface area contributed by atoms with Crippen molar-refractivity contribution in [3.05, 3.63) is 52.2 Å². The van der Waals surface area contributed by atoms with Crippen LogP contribution in [0.25, 0.3) is 22.3 Å². The molecular formula is C21H21NO5.